The summed E-state index contributed by atoms with van der Waals surface area (Å²) in [7, 11) is -4.13. The lowest BCUT2D eigenvalue weighted by Gasteiger charge is -2.39. The molecule has 0 aromatic heterocycles. The second-order valence-electron chi connectivity index (χ2n) is 10.7. The van der Waals surface area contributed by atoms with Crippen LogP contribution in [0.5, 0.6) is 0 Å². The van der Waals surface area contributed by atoms with Crippen LogP contribution in [0.2, 0.25) is 0 Å². The number of nitrogens with zero attached hydrogens (tertiary/aromatic N) is 1. The van der Waals surface area contributed by atoms with Crippen molar-refractivity contribution in [2.75, 3.05) is 26.2 Å². The van der Waals surface area contributed by atoms with Crippen LogP contribution in [0.3, 0.4) is 0 Å². The van der Waals surface area contributed by atoms with Crippen molar-refractivity contribution in [3.05, 3.63) is 35.9 Å². The molecule has 0 aliphatic carbocycles. The molecule has 212 valence electrons. The second kappa shape index (κ2) is 23.2. The molecular weight excluding hydrogens is 466 g/mol. The SMILES string of the molecule is CCCCCC[N+](CCCCCC)(CCCCCC)CCCCCC.O=S(=O)([O-])Cc1ccccc1. The van der Waals surface area contributed by atoms with Gasteiger partial charge in [-0.25, -0.2) is 8.42 Å². The average molecular weight is 526 g/mol. The Kier molecular flexibility index (Phi) is 22.6. The van der Waals surface area contributed by atoms with Crippen molar-refractivity contribution < 1.29 is 17.5 Å². The number of hydrogen-bond donors (Lipinski definition) is 0. The van der Waals surface area contributed by atoms with E-state index >= 15 is 0 Å². The van der Waals surface area contributed by atoms with Gasteiger partial charge in [-0.1, -0.05) is 109 Å². The third-order valence-electron chi connectivity index (χ3n) is 7.13. The Morgan fingerprint density at radius 1 is 0.556 bits per heavy atom. The quantitative estimate of drug-likeness (QED) is 0.0863. The van der Waals surface area contributed by atoms with Crippen LogP contribution in [0.1, 0.15) is 136 Å². The smallest absolute Gasteiger partial charge is 0.0988 e. The van der Waals surface area contributed by atoms with E-state index in [-0.39, 0.29) is 0 Å². The minimum absolute atomic E-state index is 0.423. The Balaban J connectivity index is 0.000000918. The topological polar surface area (TPSA) is 57.2 Å². The van der Waals surface area contributed by atoms with E-state index in [1.54, 1.807) is 30.3 Å². The summed E-state index contributed by atoms with van der Waals surface area (Å²) in [5.74, 6) is -0.423. The van der Waals surface area contributed by atoms with E-state index in [9.17, 15) is 13.0 Å². The molecule has 0 amide bonds. The van der Waals surface area contributed by atoms with Gasteiger partial charge in [0.1, 0.15) is 0 Å². The van der Waals surface area contributed by atoms with Crippen LogP contribution >= 0.6 is 0 Å². The fourth-order valence-corrected chi connectivity index (χ4v) is 5.55. The predicted molar refractivity (Wildman–Crippen MR) is 156 cm³/mol. The summed E-state index contributed by atoms with van der Waals surface area (Å²) in [6, 6.07) is 8.37. The summed E-state index contributed by atoms with van der Waals surface area (Å²) in [5, 5.41) is 0. The van der Waals surface area contributed by atoms with Crippen LogP contribution in [0, 0.1) is 0 Å². The van der Waals surface area contributed by atoms with E-state index in [0.717, 1.165) is 0 Å². The van der Waals surface area contributed by atoms with Crippen LogP contribution in [0.25, 0.3) is 0 Å². The lowest BCUT2D eigenvalue weighted by molar-refractivity contribution is -0.929. The molecular formula is C31H59NO3S. The van der Waals surface area contributed by atoms with Crippen molar-refractivity contribution in [3.63, 3.8) is 0 Å². The molecule has 0 heterocycles. The number of hydrogen-bond acceptors (Lipinski definition) is 3. The maximum Gasteiger partial charge on any atom is 0.0988 e. The van der Waals surface area contributed by atoms with Gasteiger partial charge in [0, 0.05) is 0 Å². The molecule has 0 unspecified atom stereocenters. The molecule has 0 fully saturated rings. The molecule has 0 saturated heterocycles. The maximum absolute atomic E-state index is 10.2. The molecule has 36 heavy (non-hydrogen) atoms. The van der Waals surface area contributed by atoms with Crippen molar-refractivity contribution in [3.8, 4) is 0 Å². The molecule has 0 N–H and O–H groups in total. The van der Waals surface area contributed by atoms with Crippen molar-refractivity contribution in [1.82, 2.24) is 0 Å². The first kappa shape index (κ1) is 35.1. The van der Waals surface area contributed by atoms with E-state index in [4.69, 9.17) is 0 Å². The van der Waals surface area contributed by atoms with E-state index in [2.05, 4.69) is 27.7 Å². The van der Waals surface area contributed by atoms with Gasteiger partial charge in [0.15, 0.2) is 0 Å². The summed E-state index contributed by atoms with van der Waals surface area (Å²) in [4.78, 5) is 0. The fraction of sp³-hybridized carbons (Fsp3) is 0.806. The summed E-state index contributed by atoms with van der Waals surface area (Å²) in [6.45, 7) is 15.2. The summed E-state index contributed by atoms with van der Waals surface area (Å²) in [6.07, 6.45) is 22.8. The molecule has 0 spiro atoms. The molecule has 5 heteroatoms. The molecule has 1 aromatic rings. The monoisotopic (exact) mass is 525 g/mol. The molecule has 0 saturated carbocycles. The minimum Gasteiger partial charge on any atom is -0.748 e. The van der Waals surface area contributed by atoms with Gasteiger partial charge in [-0.15, -0.1) is 0 Å². The first-order valence-electron chi connectivity index (χ1n) is 15.1. The van der Waals surface area contributed by atoms with Gasteiger partial charge in [-0.2, -0.15) is 0 Å². The first-order valence-corrected chi connectivity index (χ1v) is 16.7. The second-order valence-corrected chi connectivity index (χ2v) is 12.1. The van der Waals surface area contributed by atoms with E-state index in [1.165, 1.54) is 133 Å². The van der Waals surface area contributed by atoms with Crippen LogP contribution in [0.15, 0.2) is 30.3 Å². The lowest BCUT2D eigenvalue weighted by atomic mass is 10.1. The summed E-state index contributed by atoms with van der Waals surface area (Å²) < 4.78 is 32.2. The van der Waals surface area contributed by atoms with E-state index in [0.29, 0.717) is 5.56 Å². The van der Waals surface area contributed by atoms with E-state index in [1.807, 2.05) is 0 Å². The zero-order chi connectivity index (χ0) is 27.0. The summed E-state index contributed by atoms with van der Waals surface area (Å²) >= 11 is 0. The third-order valence-corrected chi connectivity index (χ3v) is 7.82. The highest BCUT2D eigenvalue weighted by Crippen LogP contribution is 2.19. The zero-order valence-corrected chi connectivity index (χ0v) is 25.1. The Morgan fingerprint density at radius 2 is 0.889 bits per heavy atom. The molecule has 4 nitrogen and oxygen atoms in total. The van der Waals surface area contributed by atoms with Gasteiger partial charge in [0.05, 0.1) is 42.1 Å². The highest BCUT2D eigenvalue weighted by atomic mass is 32.2. The third kappa shape index (κ3) is 21.2. The van der Waals surface area contributed by atoms with Gasteiger partial charge < -0.3 is 9.04 Å². The predicted octanol–water partition coefficient (Wildman–Crippen LogP) is 8.86. The lowest BCUT2D eigenvalue weighted by Crippen LogP contribution is -2.50. The summed E-state index contributed by atoms with van der Waals surface area (Å²) in [5.41, 5.74) is 0.530. The zero-order valence-electron chi connectivity index (χ0n) is 24.3. The fourth-order valence-electron chi connectivity index (χ4n) is 4.95. The van der Waals surface area contributed by atoms with Crippen LogP contribution < -0.4 is 0 Å². The Hall–Kier alpha value is -0.910. The molecule has 0 aliphatic rings. The number of rotatable bonds is 22. The highest BCUT2D eigenvalue weighted by molar-refractivity contribution is 7.84. The van der Waals surface area contributed by atoms with Gasteiger partial charge in [-0.3, -0.25) is 0 Å². The minimum atomic E-state index is -4.13. The molecule has 1 rings (SSSR count). The van der Waals surface area contributed by atoms with Crippen molar-refractivity contribution in [2.24, 2.45) is 0 Å². The Labute approximate surface area is 225 Å². The largest absolute Gasteiger partial charge is 0.748 e. The van der Waals surface area contributed by atoms with Crippen LogP contribution in [-0.2, 0) is 15.9 Å². The molecule has 0 bridgehead atoms. The maximum atomic E-state index is 10.2. The normalized spacial score (nSPS) is 11.8. The van der Waals surface area contributed by atoms with Gasteiger partial charge in [0.2, 0.25) is 0 Å². The standard InChI is InChI=1S/C24H52N.C7H8O3S/c1-5-9-13-17-21-25(22-18-14-10-6-2,23-19-15-11-7-3)24-20-16-12-8-4;8-11(9,10)6-7-4-2-1-3-5-7/h5-24H2,1-4H3;1-5H,6H2,(H,8,9,10)/q+1;/p-1. The van der Waals surface area contributed by atoms with Crippen LogP contribution in [-0.4, -0.2) is 43.6 Å². The molecule has 0 aliphatic heterocycles. The first-order chi connectivity index (χ1) is 17.3. The number of quaternary nitrogens is 1. The average Bonchev–Trinajstić information content (AvgIpc) is 2.85. The van der Waals surface area contributed by atoms with Crippen LogP contribution in [0.4, 0.5) is 0 Å². The molecule has 0 radical (unpaired) electrons. The highest BCUT2D eigenvalue weighted by Gasteiger charge is 2.25. The van der Waals surface area contributed by atoms with Gasteiger partial charge in [-0.05, 0) is 56.9 Å². The van der Waals surface area contributed by atoms with Crippen molar-refractivity contribution in [2.45, 2.75) is 136 Å². The van der Waals surface area contributed by atoms with Crippen molar-refractivity contribution >= 4 is 10.1 Å². The van der Waals surface area contributed by atoms with Crippen molar-refractivity contribution in [1.29, 1.82) is 0 Å². The molecule has 1 aromatic carbocycles. The van der Waals surface area contributed by atoms with E-state index < -0.39 is 15.9 Å². The number of unbranched alkanes of at least 4 members (excludes halogenated alkanes) is 12. The molecule has 0 atom stereocenters. The Morgan fingerprint density at radius 3 is 1.17 bits per heavy atom. The van der Waals surface area contributed by atoms with Gasteiger partial charge in [0.25, 0.3) is 0 Å². The Bertz CT molecular complexity index is 638. The number of benzene rings is 1. The van der Waals surface area contributed by atoms with Gasteiger partial charge >= 0.3 is 0 Å².